The van der Waals surface area contributed by atoms with E-state index in [1.54, 1.807) is 20.2 Å². The van der Waals surface area contributed by atoms with Crippen molar-refractivity contribution in [2.75, 3.05) is 13.2 Å². The molecule has 1 fully saturated rings. The number of hydrogen-bond acceptors (Lipinski definition) is 3. The molecule has 1 aliphatic rings. The Morgan fingerprint density at radius 2 is 1.76 bits per heavy atom. The number of rotatable bonds is 2. The summed E-state index contributed by atoms with van der Waals surface area (Å²) < 4.78 is 8.01. The molecule has 2 aromatic carbocycles. The normalized spacial score (nSPS) is 12.4. The summed E-state index contributed by atoms with van der Waals surface area (Å²) in [5.74, 6) is 0. The minimum atomic E-state index is -0.853. The van der Waals surface area contributed by atoms with Crippen LogP contribution in [0.3, 0.4) is 0 Å². The van der Waals surface area contributed by atoms with Crippen LogP contribution in [-0.4, -0.2) is 50.9 Å². The number of halogens is 2. The number of aromatic nitrogens is 2. The van der Waals surface area contributed by atoms with E-state index in [4.69, 9.17) is 4.74 Å². The Morgan fingerprint density at radius 3 is 2.28 bits per heavy atom. The summed E-state index contributed by atoms with van der Waals surface area (Å²) in [6.07, 6.45) is 4.36. The van der Waals surface area contributed by atoms with Gasteiger partial charge in [-0.25, -0.2) is 4.98 Å². The maximum atomic E-state index is 10.1. The third-order valence-electron chi connectivity index (χ3n) is 4.17. The van der Waals surface area contributed by atoms with E-state index in [1.165, 1.54) is 12.8 Å². The second-order valence-corrected chi connectivity index (χ2v) is 7.59. The van der Waals surface area contributed by atoms with E-state index in [0.717, 1.165) is 40.0 Å². The Kier molecular flexibility index (Phi) is 14.4. The second kappa shape index (κ2) is 13.6. The Morgan fingerprint density at radius 1 is 1.10 bits per heavy atom. The van der Waals surface area contributed by atoms with E-state index in [-0.39, 0.29) is 50.3 Å². The molecule has 7 heteroatoms. The van der Waals surface area contributed by atoms with Gasteiger partial charge in [0.1, 0.15) is 6.33 Å². The third-order valence-corrected chi connectivity index (χ3v) is 4.66. The average Bonchev–Trinajstić information content (AvgIpc) is 3.26. The van der Waals surface area contributed by atoms with Gasteiger partial charge in [-0.1, -0.05) is 35.5 Å². The van der Waals surface area contributed by atoms with Crippen molar-refractivity contribution in [1.29, 1.82) is 0 Å². The minimum Gasteiger partial charge on any atom is -1.00 e. The fourth-order valence-corrected chi connectivity index (χ4v) is 3.12. The van der Waals surface area contributed by atoms with Crippen molar-refractivity contribution in [1.82, 2.24) is 9.55 Å². The molecule has 0 atom stereocenters. The summed E-state index contributed by atoms with van der Waals surface area (Å²) in [4.78, 5) is 4.44. The first-order chi connectivity index (χ1) is 11.9. The summed E-state index contributed by atoms with van der Waals surface area (Å²) in [6.45, 7) is 5.55. The molecule has 1 saturated heterocycles. The molecule has 3 aromatic rings. The SMILES string of the molecule is C.C1CCOC1.CC(C)(O)c1ccc2c(c1)ncn2-c1cccc(Br)c1.[CH3-].[Cl-].[Mg+2]. The van der Waals surface area contributed by atoms with Gasteiger partial charge in [0.25, 0.3) is 0 Å². The first kappa shape index (κ1) is 30.6. The van der Waals surface area contributed by atoms with Crippen LogP contribution in [0.5, 0.6) is 0 Å². The summed E-state index contributed by atoms with van der Waals surface area (Å²) in [5.41, 5.74) is 2.97. The summed E-state index contributed by atoms with van der Waals surface area (Å²) in [7, 11) is 0. The largest absolute Gasteiger partial charge is 2.00 e. The van der Waals surface area contributed by atoms with Crippen LogP contribution >= 0.6 is 15.9 Å². The second-order valence-electron chi connectivity index (χ2n) is 6.68. The van der Waals surface area contributed by atoms with Crippen LogP contribution < -0.4 is 12.4 Å². The van der Waals surface area contributed by atoms with Gasteiger partial charge in [-0.3, -0.25) is 4.57 Å². The molecule has 0 aliphatic carbocycles. The van der Waals surface area contributed by atoms with E-state index in [2.05, 4.69) is 20.9 Å². The number of aliphatic hydroxyl groups is 1. The standard InChI is InChI=1S/C16H15BrN2O.C4H8O.CH4.CH3.ClH.Mg/c1-16(2,20)11-6-7-15-14(8-11)18-10-19(15)13-5-3-4-12(17)9-13;1-2-4-5-3-1;;;;/h3-10,20H,1-2H3;1-4H2;1H4;1H3;1H;/q;;;-1;;+2/p-1. The molecule has 4 rings (SSSR count). The molecule has 1 aliphatic heterocycles. The number of nitrogens with zero attached hydrogens (tertiary/aromatic N) is 2. The Labute approximate surface area is 205 Å². The number of hydrogen-bond donors (Lipinski definition) is 1. The molecule has 0 saturated carbocycles. The molecular weight excluding hydrogens is 464 g/mol. The van der Waals surface area contributed by atoms with Crippen LogP contribution in [-0.2, 0) is 10.3 Å². The first-order valence-electron chi connectivity index (χ1n) is 8.49. The van der Waals surface area contributed by atoms with Gasteiger partial charge in [-0.15, -0.1) is 0 Å². The molecule has 0 bridgehead atoms. The molecule has 1 aromatic heterocycles. The number of imidazole rings is 1. The third kappa shape index (κ3) is 8.19. The summed E-state index contributed by atoms with van der Waals surface area (Å²) in [6, 6.07) is 13.9. The van der Waals surface area contributed by atoms with Gasteiger partial charge in [0.05, 0.1) is 16.6 Å². The summed E-state index contributed by atoms with van der Waals surface area (Å²) in [5, 5.41) is 10.1. The Hall–Kier alpha value is -0.634. The maximum Gasteiger partial charge on any atom is 2.00 e. The smallest absolute Gasteiger partial charge is 1.00 e. The van der Waals surface area contributed by atoms with E-state index < -0.39 is 5.60 Å². The van der Waals surface area contributed by atoms with Crippen molar-refractivity contribution < 1.29 is 22.3 Å². The molecule has 0 spiro atoms. The fourth-order valence-electron chi connectivity index (χ4n) is 2.74. The van der Waals surface area contributed by atoms with Crippen LogP contribution in [0.1, 0.15) is 39.7 Å². The molecule has 4 nitrogen and oxygen atoms in total. The predicted octanol–water partition coefficient (Wildman–Crippen LogP) is 2.52. The van der Waals surface area contributed by atoms with Crippen molar-refractivity contribution in [3.05, 3.63) is 66.3 Å². The predicted molar refractivity (Wildman–Crippen MR) is 123 cm³/mol. The van der Waals surface area contributed by atoms with E-state index >= 15 is 0 Å². The quantitative estimate of drug-likeness (QED) is 0.441. The zero-order chi connectivity index (χ0) is 17.9. The van der Waals surface area contributed by atoms with Crippen molar-refractivity contribution in [3.63, 3.8) is 0 Å². The molecule has 2 heterocycles. The molecular formula is C22H30BrClMgN2O2. The monoisotopic (exact) mass is 492 g/mol. The van der Waals surface area contributed by atoms with E-state index in [9.17, 15) is 5.11 Å². The molecule has 0 unspecified atom stereocenters. The first-order valence-corrected chi connectivity index (χ1v) is 9.28. The number of fused-ring (bicyclic) bond motifs is 1. The van der Waals surface area contributed by atoms with Gasteiger partial charge in [0.2, 0.25) is 0 Å². The molecule has 0 radical (unpaired) electrons. The van der Waals surface area contributed by atoms with E-state index in [0.29, 0.717) is 0 Å². The van der Waals surface area contributed by atoms with Gasteiger partial charge in [-0.05, 0) is 62.6 Å². The number of benzene rings is 2. The van der Waals surface area contributed by atoms with Crippen LogP contribution in [0.2, 0.25) is 0 Å². The fraction of sp³-hybridized carbons (Fsp3) is 0.364. The van der Waals surface area contributed by atoms with Crippen LogP contribution in [0, 0.1) is 7.43 Å². The van der Waals surface area contributed by atoms with Crippen molar-refractivity contribution in [3.8, 4) is 5.69 Å². The van der Waals surface area contributed by atoms with Crippen LogP contribution in [0.25, 0.3) is 16.7 Å². The van der Waals surface area contributed by atoms with Crippen LogP contribution in [0.4, 0.5) is 0 Å². The molecule has 0 amide bonds. The molecule has 156 valence electrons. The summed E-state index contributed by atoms with van der Waals surface area (Å²) >= 11 is 3.48. The zero-order valence-electron chi connectivity index (χ0n) is 16.7. The van der Waals surface area contributed by atoms with Gasteiger partial charge >= 0.3 is 23.1 Å². The van der Waals surface area contributed by atoms with Crippen LogP contribution in [0.15, 0.2) is 53.3 Å². The topological polar surface area (TPSA) is 47.3 Å². The van der Waals surface area contributed by atoms with Gasteiger partial charge in [0.15, 0.2) is 0 Å². The molecule has 1 N–H and O–H groups in total. The van der Waals surface area contributed by atoms with Gasteiger partial charge in [0, 0.05) is 23.4 Å². The Bertz CT molecular complexity index is 854. The number of ether oxygens (including phenoxy) is 1. The van der Waals surface area contributed by atoms with Crippen molar-refractivity contribution in [2.45, 2.75) is 39.7 Å². The van der Waals surface area contributed by atoms with Crippen molar-refractivity contribution >= 4 is 50.0 Å². The van der Waals surface area contributed by atoms with Crippen molar-refractivity contribution in [2.24, 2.45) is 0 Å². The van der Waals surface area contributed by atoms with Gasteiger partial charge < -0.3 is 29.7 Å². The minimum absolute atomic E-state index is 0. The Balaban J connectivity index is 0. The maximum absolute atomic E-state index is 10.1. The van der Waals surface area contributed by atoms with Gasteiger partial charge in [-0.2, -0.15) is 0 Å². The van der Waals surface area contributed by atoms with E-state index in [1.807, 2.05) is 47.0 Å². The average molecular weight is 494 g/mol. The zero-order valence-corrected chi connectivity index (χ0v) is 20.4. The molecule has 29 heavy (non-hydrogen) atoms.